The number of halogens is 1. The van der Waals surface area contributed by atoms with Gasteiger partial charge < -0.3 is 20.6 Å². The van der Waals surface area contributed by atoms with Crippen molar-refractivity contribution in [2.75, 3.05) is 5.32 Å². The highest BCUT2D eigenvalue weighted by Gasteiger charge is 2.24. The zero-order chi connectivity index (χ0) is 20.5. The molecule has 0 saturated carbocycles. The second-order valence-electron chi connectivity index (χ2n) is 6.11. The van der Waals surface area contributed by atoms with Crippen LogP contribution in [0, 0.1) is 0 Å². The molecule has 146 valence electrons. The van der Waals surface area contributed by atoms with Gasteiger partial charge in [0.25, 0.3) is 5.89 Å². The number of carboxylic acids is 1. The summed E-state index contributed by atoms with van der Waals surface area (Å²) in [7, 11) is 0. The Labute approximate surface area is 173 Å². The van der Waals surface area contributed by atoms with Gasteiger partial charge in [0.15, 0.2) is 5.58 Å². The number of nitrogens with one attached hydrogen (secondary N) is 1. The van der Waals surface area contributed by atoms with Crippen LogP contribution in [0.3, 0.4) is 0 Å². The normalized spacial score (nSPS) is 11.0. The van der Waals surface area contributed by atoms with E-state index in [4.69, 9.17) is 21.8 Å². The molecule has 2 aromatic carbocycles. The first-order valence-electron chi connectivity index (χ1n) is 8.48. The molecule has 0 radical (unpaired) electrons. The number of amides is 1. The molecule has 0 aliphatic carbocycles. The van der Waals surface area contributed by atoms with E-state index >= 15 is 0 Å². The molecule has 4 aromatic rings. The fourth-order valence-electron chi connectivity index (χ4n) is 2.98. The number of hydrogen-bond acceptors (Lipinski definition) is 6. The van der Waals surface area contributed by atoms with E-state index in [2.05, 4.69) is 10.3 Å². The number of aromatic nitrogens is 1. The van der Waals surface area contributed by atoms with Crippen LogP contribution in [0.1, 0.15) is 26.6 Å². The van der Waals surface area contributed by atoms with E-state index in [1.807, 2.05) is 0 Å². The predicted octanol–water partition coefficient (Wildman–Crippen LogP) is 4.62. The van der Waals surface area contributed by atoms with Gasteiger partial charge in [-0.3, -0.25) is 4.79 Å². The smallest absolute Gasteiger partial charge is 0.339 e. The van der Waals surface area contributed by atoms with E-state index in [0.717, 1.165) is 11.3 Å². The molecule has 7 nitrogen and oxygen atoms in total. The Bertz CT molecular complexity index is 1210. The monoisotopic (exact) mass is 427 g/mol. The molecule has 9 heteroatoms. The second-order valence-corrected chi connectivity index (χ2v) is 7.42. The summed E-state index contributed by atoms with van der Waals surface area (Å²) >= 11 is 7.11. The van der Waals surface area contributed by atoms with Crippen molar-refractivity contribution >= 4 is 50.9 Å². The molecule has 0 saturated heterocycles. The molecule has 0 atom stereocenters. The van der Waals surface area contributed by atoms with Gasteiger partial charge in [-0.05, 0) is 35.4 Å². The molecule has 0 spiro atoms. The van der Waals surface area contributed by atoms with Gasteiger partial charge in [-0.2, -0.15) is 0 Å². The van der Waals surface area contributed by atoms with Crippen LogP contribution in [-0.4, -0.2) is 22.0 Å². The van der Waals surface area contributed by atoms with Gasteiger partial charge in [0.2, 0.25) is 0 Å². The summed E-state index contributed by atoms with van der Waals surface area (Å²) in [5, 5.41) is 14.7. The van der Waals surface area contributed by atoms with Gasteiger partial charge in [0.05, 0.1) is 0 Å². The third-order valence-electron chi connectivity index (χ3n) is 4.30. The van der Waals surface area contributed by atoms with Crippen molar-refractivity contribution in [3.63, 3.8) is 0 Å². The van der Waals surface area contributed by atoms with Gasteiger partial charge in [-0.15, -0.1) is 11.3 Å². The van der Waals surface area contributed by atoms with Crippen LogP contribution >= 0.6 is 22.9 Å². The fraction of sp³-hybridized carbons (Fsp3) is 0.0500. The third kappa shape index (κ3) is 3.61. The van der Waals surface area contributed by atoms with Crippen molar-refractivity contribution in [1.82, 2.24) is 4.98 Å². The third-order valence-corrected chi connectivity index (χ3v) is 5.43. The van der Waals surface area contributed by atoms with E-state index in [1.54, 1.807) is 47.8 Å². The lowest BCUT2D eigenvalue weighted by molar-refractivity contribution is 0.0699. The van der Waals surface area contributed by atoms with E-state index in [-0.39, 0.29) is 23.0 Å². The molecule has 1 amide bonds. The van der Waals surface area contributed by atoms with Crippen LogP contribution in [0.2, 0.25) is 5.02 Å². The Morgan fingerprint density at radius 1 is 1.21 bits per heavy atom. The van der Waals surface area contributed by atoms with E-state index in [9.17, 15) is 14.7 Å². The number of aromatic carboxylic acids is 1. The number of anilines is 1. The number of rotatable bonds is 5. The number of nitrogens with two attached hydrogens (primary N) is 1. The highest BCUT2D eigenvalue weighted by atomic mass is 35.5. The maximum Gasteiger partial charge on any atom is 0.339 e. The Balaban J connectivity index is 1.72. The number of nitrogens with zero attached hydrogens (tertiary/aromatic N) is 1. The highest BCUT2D eigenvalue weighted by Crippen LogP contribution is 2.38. The number of oxazole rings is 1. The second kappa shape index (κ2) is 7.67. The zero-order valence-electron chi connectivity index (χ0n) is 14.8. The van der Waals surface area contributed by atoms with Crippen molar-refractivity contribution in [2.24, 2.45) is 5.73 Å². The Morgan fingerprint density at radius 2 is 2.00 bits per heavy atom. The number of fused-ring (bicyclic) bond motifs is 1. The fourth-order valence-corrected chi connectivity index (χ4v) is 4.12. The molecular formula is C20H14ClN3O4S. The first-order valence-corrected chi connectivity index (χ1v) is 9.74. The summed E-state index contributed by atoms with van der Waals surface area (Å²) in [6.07, 6.45) is 0. The van der Waals surface area contributed by atoms with Gasteiger partial charge in [0.1, 0.15) is 16.1 Å². The maximum absolute atomic E-state index is 12.6. The average Bonchev–Trinajstić information content (AvgIpc) is 3.32. The summed E-state index contributed by atoms with van der Waals surface area (Å²) < 4.78 is 5.45. The molecule has 2 heterocycles. The molecule has 0 fully saturated rings. The number of hydrogen-bond donors (Lipinski definition) is 3. The van der Waals surface area contributed by atoms with Crippen molar-refractivity contribution < 1.29 is 19.1 Å². The summed E-state index contributed by atoms with van der Waals surface area (Å²) in [6.45, 7) is 0.190. The summed E-state index contributed by atoms with van der Waals surface area (Å²) in [4.78, 5) is 28.7. The lowest BCUT2D eigenvalue weighted by atomic mass is 9.98. The zero-order valence-corrected chi connectivity index (χ0v) is 16.4. The summed E-state index contributed by atoms with van der Waals surface area (Å²) in [5.74, 6) is -1.95. The minimum atomic E-state index is -1.17. The highest BCUT2D eigenvalue weighted by molar-refractivity contribution is 7.15. The minimum Gasteiger partial charge on any atom is -0.478 e. The van der Waals surface area contributed by atoms with Gasteiger partial charge >= 0.3 is 11.9 Å². The van der Waals surface area contributed by atoms with Crippen molar-refractivity contribution in [2.45, 2.75) is 6.54 Å². The topological polar surface area (TPSA) is 118 Å². The summed E-state index contributed by atoms with van der Waals surface area (Å²) in [6, 6.07) is 12.0. The molecule has 0 bridgehead atoms. The molecule has 4 N–H and O–H groups in total. The average molecular weight is 428 g/mol. The molecule has 0 unspecified atom stereocenters. The Hall–Kier alpha value is -3.20. The lowest BCUT2D eigenvalue weighted by Crippen LogP contribution is -2.14. The summed E-state index contributed by atoms with van der Waals surface area (Å²) in [5.41, 5.74) is 8.57. The number of carbonyl (C=O) groups is 2. The van der Waals surface area contributed by atoms with Crippen molar-refractivity contribution in [3.05, 3.63) is 69.9 Å². The first-order chi connectivity index (χ1) is 14.0. The predicted molar refractivity (Wildman–Crippen MR) is 112 cm³/mol. The van der Waals surface area contributed by atoms with Gasteiger partial charge in [-0.1, -0.05) is 29.8 Å². The molecule has 0 aliphatic heterocycles. The van der Waals surface area contributed by atoms with E-state index < -0.39 is 11.9 Å². The molecule has 4 rings (SSSR count). The standard InChI is InChI=1S/C20H14ClN3O4S/c21-11-5-6-12(10(7-11)8-22)13-9-29-19(16(13)20(26)27)24-17(25)18-23-14-3-1-2-4-15(14)28-18/h1-7,9H,8,22H2,(H,24,25)(H,26,27). The molecule has 2 aromatic heterocycles. The molecular weight excluding hydrogens is 414 g/mol. The quantitative estimate of drug-likeness (QED) is 0.427. The number of benzene rings is 2. The largest absolute Gasteiger partial charge is 0.478 e. The number of thiophene rings is 1. The Kier molecular flexibility index (Phi) is 5.06. The number of para-hydroxylation sites is 2. The van der Waals surface area contributed by atoms with Crippen LogP contribution in [0.15, 0.2) is 52.3 Å². The van der Waals surface area contributed by atoms with Crippen LogP contribution in [0.25, 0.3) is 22.2 Å². The lowest BCUT2D eigenvalue weighted by Gasteiger charge is -2.09. The minimum absolute atomic E-state index is 0.0310. The van der Waals surface area contributed by atoms with Crippen molar-refractivity contribution in [1.29, 1.82) is 0 Å². The van der Waals surface area contributed by atoms with E-state index in [1.165, 1.54) is 0 Å². The SMILES string of the molecule is NCc1cc(Cl)ccc1-c1csc(NC(=O)c2nc3ccccc3o2)c1C(=O)O. The number of carbonyl (C=O) groups excluding carboxylic acids is 1. The van der Waals surface area contributed by atoms with Crippen LogP contribution in [0.5, 0.6) is 0 Å². The van der Waals surface area contributed by atoms with Crippen LogP contribution < -0.4 is 11.1 Å². The number of carboxylic acid groups (broad SMARTS) is 1. The molecule has 29 heavy (non-hydrogen) atoms. The van der Waals surface area contributed by atoms with Gasteiger partial charge in [0, 0.05) is 22.5 Å². The van der Waals surface area contributed by atoms with E-state index in [0.29, 0.717) is 32.8 Å². The first kappa shape index (κ1) is 19.1. The van der Waals surface area contributed by atoms with Crippen LogP contribution in [0.4, 0.5) is 5.00 Å². The Morgan fingerprint density at radius 3 is 2.72 bits per heavy atom. The van der Waals surface area contributed by atoms with Gasteiger partial charge in [-0.25, -0.2) is 9.78 Å². The molecule has 0 aliphatic rings. The maximum atomic E-state index is 12.6. The van der Waals surface area contributed by atoms with Crippen molar-refractivity contribution in [3.8, 4) is 11.1 Å². The van der Waals surface area contributed by atoms with Crippen LogP contribution in [-0.2, 0) is 6.54 Å².